The molecule has 36 heavy (non-hydrogen) atoms. The third kappa shape index (κ3) is 5.77. The summed E-state index contributed by atoms with van der Waals surface area (Å²) in [5.74, 6) is -2.24. The summed E-state index contributed by atoms with van der Waals surface area (Å²) in [7, 11) is 0. The van der Waals surface area contributed by atoms with Gasteiger partial charge in [-0.15, -0.1) is 0 Å². The summed E-state index contributed by atoms with van der Waals surface area (Å²) < 4.78 is 5.63. The van der Waals surface area contributed by atoms with E-state index < -0.39 is 11.8 Å². The molecule has 1 aliphatic rings. The molecule has 10 heteroatoms. The molecule has 4 rings (SSSR count). The Hall–Kier alpha value is -4.47. The van der Waals surface area contributed by atoms with Crippen molar-refractivity contribution in [3.05, 3.63) is 65.2 Å². The van der Waals surface area contributed by atoms with Gasteiger partial charge in [0.2, 0.25) is 11.7 Å². The molecule has 0 saturated carbocycles. The van der Waals surface area contributed by atoms with E-state index in [2.05, 4.69) is 10.3 Å². The van der Waals surface area contributed by atoms with Gasteiger partial charge in [0.15, 0.2) is 0 Å². The number of ketones is 1. The molecule has 0 bridgehead atoms. The molecule has 186 valence electrons. The minimum absolute atomic E-state index is 0.0179. The lowest BCUT2D eigenvalue weighted by Crippen LogP contribution is -2.29. The van der Waals surface area contributed by atoms with Crippen LogP contribution in [-0.4, -0.2) is 64.8 Å². The van der Waals surface area contributed by atoms with Gasteiger partial charge in [0, 0.05) is 42.1 Å². The minimum atomic E-state index is -1.48. The number of nitrogen functional groups attached to an aromatic ring is 1. The van der Waals surface area contributed by atoms with Crippen molar-refractivity contribution in [2.24, 2.45) is 0 Å². The second-order valence-corrected chi connectivity index (χ2v) is 8.49. The van der Waals surface area contributed by atoms with Gasteiger partial charge in [-0.3, -0.25) is 14.4 Å². The number of carbonyl (C=O) groups excluding carboxylic acids is 3. The van der Waals surface area contributed by atoms with Crippen molar-refractivity contribution in [2.45, 2.75) is 19.3 Å². The number of anilines is 1. The second kappa shape index (κ2) is 10.9. The number of nitrogens with two attached hydrogens (primary N) is 1. The maximum Gasteiger partial charge on any atom is 0.372 e. The van der Waals surface area contributed by atoms with E-state index in [1.807, 2.05) is 4.90 Å². The molecule has 1 fully saturated rings. The number of benzene rings is 2. The lowest BCUT2D eigenvalue weighted by molar-refractivity contribution is -0.148. The van der Waals surface area contributed by atoms with Gasteiger partial charge in [-0.05, 0) is 48.1 Å². The lowest BCUT2D eigenvalue weighted by Gasteiger charge is -2.15. The first-order chi connectivity index (χ1) is 17.3. The van der Waals surface area contributed by atoms with E-state index in [1.54, 1.807) is 48.5 Å². The summed E-state index contributed by atoms with van der Waals surface area (Å²) in [6, 6.07) is 13.2. The molecule has 1 aromatic heterocycles. The van der Waals surface area contributed by atoms with Crippen molar-refractivity contribution in [3.63, 3.8) is 0 Å². The van der Waals surface area contributed by atoms with Gasteiger partial charge >= 0.3 is 5.97 Å². The topological polar surface area (TPSA) is 152 Å². The molecule has 2 heterocycles. The second-order valence-electron chi connectivity index (χ2n) is 8.49. The van der Waals surface area contributed by atoms with E-state index >= 15 is 0 Å². The maximum absolute atomic E-state index is 12.4. The predicted octanol–water partition coefficient (Wildman–Crippen LogP) is 2.06. The van der Waals surface area contributed by atoms with Crippen LogP contribution in [0.5, 0.6) is 5.88 Å². The van der Waals surface area contributed by atoms with E-state index in [0.717, 1.165) is 25.9 Å². The van der Waals surface area contributed by atoms with E-state index in [4.69, 9.17) is 15.6 Å². The first-order valence-corrected chi connectivity index (χ1v) is 11.6. The lowest BCUT2D eigenvalue weighted by atomic mass is 10.0. The van der Waals surface area contributed by atoms with Gasteiger partial charge in [0.25, 0.3) is 11.8 Å². The minimum Gasteiger partial charge on any atom is -0.476 e. The number of fused-ring (bicyclic) bond motifs is 1. The van der Waals surface area contributed by atoms with Crippen LogP contribution in [0.25, 0.3) is 10.8 Å². The van der Waals surface area contributed by atoms with Crippen LogP contribution < -0.4 is 15.8 Å². The molecule has 1 saturated heterocycles. The van der Waals surface area contributed by atoms with Crippen molar-refractivity contribution in [2.75, 3.05) is 32.0 Å². The highest BCUT2D eigenvalue weighted by atomic mass is 16.5. The number of nitrogens with zero attached hydrogens (tertiary/aromatic N) is 2. The Morgan fingerprint density at radius 1 is 1.00 bits per heavy atom. The number of amides is 2. The van der Waals surface area contributed by atoms with E-state index in [1.165, 1.54) is 0 Å². The van der Waals surface area contributed by atoms with Gasteiger partial charge in [0.1, 0.15) is 12.4 Å². The Morgan fingerprint density at radius 3 is 2.39 bits per heavy atom. The zero-order chi connectivity index (χ0) is 25.7. The number of carbonyl (C=O) groups is 4. The quantitative estimate of drug-likeness (QED) is 0.304. The molecular formula is C26H26N4O6. The van der Waals surface area contributed by atoms with Crippen molar-refractivity contribution in [1.82, 2.24) is 15.2 Å². The Labute approximate surface area is 207 Å². The van der Waals surface area contributed by atoms with Crippen LogP contribution in [0.15, 0.2) is 48.5 Å². The Balaban J connectivity index is 1.31. The Bertz CT molecular complexity index is 1320. The molecule has 0 aliphatic carbocycles. The summed E-state index contributed by atoms with van der Waals surface area (Å²) in [5.41, 5.74) is 7.54. The smallest absolute Gasteiger partial charge is 0.372 e. The number of likely N-dealkylation sites (tertiary alicyclic amines) is 1. The first-order valence-electron chi connectivity index (χ1n) is 11.6. The van der Waals surface area contributed by atoms with Crippen LogP contribution in [0.1, 0.15) is 39.1 Å². The van der Waals surface area contributed by atoms with Crippen LogP contribution in [-0.2, 0) is 16.0 Å². The van der Waals surface area contributed by atoms with Gasteiger partial charge in [0.05, 0.1) is 6.54 Å². The van der Waals surface area contributed by atoms with E-state index in [-0.39, 0.29) is 43.1 Å². The molecule has 10 nitrogen and oxygen atoms in total. The summed E-state index contributed by atoms with van der Waals surface area (Å²) in [5, 5.41) is 12.9. The van der Waals surface area contributed by atoms with Crippen molar-refractivity contribution in [3.8, 4) is 5.88 Å². The largest absolute Gasteiger partial charge is 0.476 e. The Kier molecular flexibility index (Phi) is 7.43. The first kappa shape index (κ1) is 24.6. The van der Waals surface area contributed by atoms with Crippen molar-refractivity contribution < 1.29 is 29.0 Å². The average molecular weight is 491 g/mol. The molecule has 0 radical (unpaired) electrons. The number of rotatable bonds is 9. The molecule has 0 unspecified atom stereocenters. The summed E-state index contributed by atoms with van der Waals surface area (Å²) in [4.78, 5) is 53.2. The highest BCUT2D eigenvalue weighted by molar-refractivity contribution is 6.33. The zero-order valence-corrected chi connectivity index (χ0v) is 19.5. The van der Waals surface area contributed by atoms with Crippen LogP contribution in [0.2, 0.25) is 0 Å². The van der Waals surface area contributed by atoms with Gasteiger partial charge in [-0.1, -0.05) is 18.2 Å². The molecule has 4 N–H and O–H groups in total. The number of Topliss-reactive ketones (excluding diaryl/α,β-unsaturated/α-hetero) is 1. The molecule has 2 amide bonds. The zero-order valence-electron chi connectivity index (χ0n) is 19.5. The number of hydrogen-bond donors (Lipinski definition) is 3. The molecular weight excluding hydrogens is 464 g/mol. The summed E-state index contributed by atoms with van der Waals surface area (Å²) in [6.07, 6.45) is 1.80. The summed E-state index contributed by atoms with van der Waals surface area (Å²) >= 11 is 0. The number of aliphatic carboxylic acids is 1. The highest BCUT2D eigenvalue weighted by Crippen LogP contribution is 2.25. The fourth-order valence-electron chi connectivity index (χ4n) is 4.04. The maximum atomic E-state index is 12.4. The number of nitrogens with one attached hydrogen (secondary N) is 1. The van der Waals surface area contributed by atoms with E-state index in [0.29, 0.717) is 27.5 Å². The third-order valence-corrected chi connectivity index (χ3v) is 5.93. The standard InChI is InChI=1S/C26H26N4O6/c27-23-20-8-3-16(14-21(31)26(34)35)13-19(20)15-22(29-23)36-12-9-28-24(32)17-4-6-18(7-5-17)25(33)30-10-1-2-11-30/h3-8,13,15H,1-2,9-12,14H2,(H2,27,29)(H,28,32)(H,34,35). The molecule has 0 spiro atoms. The number of aromatic nitrogens is 1. The molecule has 2 aromatic carbocycles. The fraction of sp³-hybridized carbons (Fsp3) is 0.269. The van der Waals surface area contributed by atoms with Crippen molar-refractivity contribution >= 4 is 40.2 Å². The van der Waals surface area contributed by atoms with Crippen molar-refractivity contribution in [1.29, 1.82) is 0 Å². The number of ether oxygens (including phenoxy) is 1. The number of hydrogen-bond acceptors (Lipinski definition) is 7. The van der Waals surface area contributed by atoms with Crippen LogP contribution in [0.3, 0.4) is 0 Å². The van der Waals surface area contributed by atoms with Crippen LogP contribution >= 0.6 is 0 Å². The fourth-order valence-corrected chi connectivity index (χ4v) is 4.04. The monoisotopic (exact) mass is 490 g/mol. The third-order valence-electron chi connectivity index (χ3n) is 5.93. The summed E-state index contributed by atoms with van der Waals surface area (Å²) in [6.45, 7) is 1.88. The number of carboxylic acid groups (broad SMARTS) is 1. The SMILES string of the molecule is Nc1nc(OCCNC(=O)c2ccc(C(=O)N3CCCC3)cc2)cc2cc(CC(=O)C(=O)O)ccc12. The highest BCUT2D eigenvalue weighted by Gasteiger charge is 2.19. The van der Waals surface area contributed by atoms with E-state index in [9.17, 15) is 19.2 Å². The molecule has 3 aromatic rings. The Morgan fingerprint density at radius 2 is 1.69 bits per heavy atom. The number of carboxylic acids is 1. The average Bonchev–Trinajstić information content (AvgIpc) is 3.41. The molecule has 0 atom stereocenters. The predicted molar refractivity (Wildman–Crippen MR) is 132 cm³/mol. The van der Waals surface area contributed by atoms with Crippen LogP contribution in [0, 0.1) is 0 Å². The molecule has 1 aliphatic heterocycles. The van der Waals surface area contributed by atoms with Gasteiger partial charge in [-0.25, -0.2) is 4.79 Å². The van der Waals surface area contributed by atoms with Gasteiger partial charge < -0.3 is 25.8 Å². The van der Waals surface area contributed by atoms with Gasteiger partial charge in [-0.2, -0.15) is 4.98 Å². The number of pyridine rings is 1. The van der Waals surface area contributed by atoms with Crippen LogP contribution in [0.4, 0.5) is 5.82 Å². The normalized spacial score (nSPS) is 12.9.